The zero-order valence-electron chi connectivity index (χ0n) is 17.2. The van der Waals surface area contributed by atoms with E-state index in [1.807, 2.05) is 12.1 Å². The highest BCUT2D eigenvalue weighted by Crippen LogP contribution is 2.31. The van der Waals surface area contributed by atoms with Crippen LogP contribution in [0.3, 0.4) is 0 Å². The highest BCUT2D eigenvalue weighted by molar-refractivity contribution is 5.93. The maximum absolute atomic E-state index is 14.0. The van der Waals surface area contributed by atoms with Gasteiger partial charge in [-0.15, -0.1) is 0 Å². The van der Waals surface area contributed by atoms with Crippen molar-refractivity contribution in [2.45, 2.75) is 19.3 Å². The summed E-state index contributed by atoms with van der Waals surface area (Å²) in [6.07, 6.45) is 1.66. The number of hydrogen-bond acceptors (Lipinski definition) is 5. The number of aryl methyl sites for hydroxylation is 2. The normalized spacial score (nSPS) is 14.2. The number of carbonyl (C=O) groups excluding carboxylic acids is 1. The number of benzene rings is 2. The number of halogens is 2. The number of ether oxygens (including phenoxy) is 2. The summed E-state index contributed by atoms with van der Waals surface area (Å²) in [4.78, 5) is 18.7. The molecule has 4 rings (SSSR count). The summed E-state index contributed by atoms with van der Waals surface area (Å²) in [5.74, 6) is -1.14. The van der Waals surface area contributed by atoms with Gasteiger partial charge in [-0.2, -0.15) is 4.98 Å². The zero-order chi connectivity index (χ0) is 22.0. The van der Waals surface area contributed by atoms with Gasteiger partial charge < -0.3 is 20.1 Å². The first-order valence-corrected chi connectivity index (χ1v) is 10.1. The molecule has 2 heterocycles. The Kier molecular flexibility index (Phi) is 6.03. The third-order valence-corrected chi connectivity index (χ3v) is 5.48. The molecule has 0 unspecified atom stereocenters. The molecule has 0 atom stereocenters. The Labute approximate surface area is 178 Å². The van der Waals surface area contributed by atoms with Crippen LogP contribution in [0, 0.1) is 11.6 Å². The summed E-state index contributed by atoms with van der Waals surface area (Å²) in [6.45, 7) is 2.70. The maximum atomic E-state index is 14.0. The molecule has 9 heteroatoms. The van der Waals surface area contributed by atoms with E-state index in [0.717, 1.165) is 30.4 Å². The number of rotatable bonds is 6. The van der Waals surface area contributed by atoms with Gasteiger partial charge in [-0.25, -0.2) is 18.1 Å². The molecule has 7 nitrogen and oxygen atoms in total. The first kappa shape index (κ1) is 21.0. The molecule has 1 aromatic heterocycles. The molecule has 31 heavy (non-hydrogen) atoms. The molecule has 1 aliphatic rings. The monoisotopic (exact) mass is 430 g/mol. The Hall–Kier alpha value is -3.20. The fraction of sp³-hybridized carbons (Fsp3) is 0.364. The van der Waals surface area contributed by atoms with Crippen LogP contribution < -0.4 is 15.4 Å². The van der Waals surface area contributed by atoms with Crippen molar-refractivity contribution in [2.24, 2.45) is 5.73 Å². The molecule has 1 amide bonds. The van der Waals surface area contributed by atoms with Crippen LogP contribution in [-0.2, 0) is 17.6 Å². The summed E-state index contributed by atoms with van der Waals surface area (Å²) in [6, 6.07) is 6.97. The summed E-state index contributed by atoms with van der Waals surface area (Å²) < 4.78 is 39.1. The van der Waals surface area contributed by atoms with Crippen LogP contribution in [0.5, 0.6) is 6.01 Å². The van der Waals surface area contributed by atoms with Crippen LogP contribution in [0.4, 0.5) is 19.3 Å². The standard InChI is InChI=1S/C22H24F2N4O3/c1-30-22-26-20-15(4-2-3-14-5-6-16(23)12-18(14)24)11-17(27-7-9-31-10-8-27)13-19(20)28(22)21(25)29/h5-6,11-13H,2-4,7-10H2,1H3,(H2,25,29). The first-order valence-electron chi connectivity index (χ1n) is 10.1. The summed E-state index contributed by atoms with van der Waals surface area (Å²) in [5.41, 5.74) is 9.06. The zero-order valence-corrected chi connectivity index (χ0v) is 17.2. The van der Waals surface area contributed by atoms with Crippen molar-refractivity contribution < 1.29 is 23.0 Å². The Balaban J connectivity index is 1.68. The largest absolute Gasteiger partial charge is 0.468 e. The lowest BCUT2D eigenvalue weighted by Crippen LogP contribution is -2.36. The number of imidazole rings is 1. The molecule has 3 aromatic rings. The van der Waals surface area contributed by atoms with E-state index in [0.29, 0.717) is 49.1 Å². The van der Waals surface area contributed by atoms with Crippen molar-refractivity contribution in [3.05, 3.63) is 53.1 Å². The Morgan fingerprint density at radius 1 is 1.16 bits per heavy atom. The average molecular weight is 430 g/mol. The minimum absolute atomic E-state index is 0.118. The van der Waals surface area contributed by atoms with Gasteiger partial charge in [0, 0.05) is 24.8 Å². The number of anilines is 1. The van der Waals surface area contributed by atoms with E-state index in [1.54, 1.807) is 0 Å². The molecule has 164 valence electrons. The van der Waals surface area contributed by atoms with E-state index in [9.17, 15) is 13.6 Å². The van der Waals surface area contributed by atoms with Crippen LogP contribution >= 0.6 is 0 Å². The summed E-state index contributed by atoms with van der Waals surface area (Å²) in [5, 5.41) is 0. The van der Waals surface area contributed by atoms with Gasteiger partial charge in [-0.05, 0) is 48.6 Å². The average Bonchev–Trinajstić information content (AvgIpc) is 3.15. The van der Waals surface area contributed by atoms with E-state index in [4.69, 9.17) is 15.2 Å². The number of nitrogens with zero attached hydrogens (tertiary/aromatic N) is 3. The van der Waals surface area contributed by atoms with Crippen LogP contribution in [0.15, 0.2) is 30.3 Å². The fourth-order valence-electron chi connectivity index (χ4n) is 3.95. The number of carbonyl (C=O) groups is 1. The van der Waals surface area contributed by atoms with Gasteiger partial charge in [-0.1, -0.05) is 6.07 Å². The summed E-state index contributed by atoms with van der Waals surface area (Å²) in [7, 11) is 1.43. The lowest BCUT2D eigenvalue weighted by Gasteiger charge is -2.29. The Morgan fingerprint density at radius 3 is 2.58 bits per heavy atom. The van der Waals surface area contributed by atoms with Gasteiger partial charge in [0.05, 0.1) is 31.4 Å². The van der Waals surface area contributed by atoms with Gasteiger partial charge in [0.1, 0.15) is 11.6 Å². The molecule has 0 radical (unpaired) electrons. The lowest BCUT2D eigenvalue weighted by molar-refractivity contribution is 0.122. The molecular formula is C22H24F2N4O3. The second-order valence-corrected chi connectivity index (χ2v) is 7.43. The van der Waals surface area contributed by atoms with E-state index < -0.39 is 17.7 Å². The number of methoxy groups -OCH3 is 1. The van der Waals surface area contributed by atoms with Gasteiger partial charge in [0.25, 0.3) is 0 Å². The predicted molar refractivity (Wildman–Crippen MR) is 113 cm³/mol. The fourth-order valence-corrected chi connectivity index (χ4v) is 3.95. The lowest BCUT2D eigenvalue weighted by atomic mass is 10.0. The molecule has 0 saturated carbocycles. The van der Waals surface area contributed by atoms with Crippen LogP contribution in [0.25, 0.3) is 11.0 Å². The smallest absolute Gasteiger partial charge is 0.327 e. The van der Waals surface area contributed by atoms with Gasteiger partial charge >= 0.3 is 12.0 Å². The third-order valence-electron chi connectivity index (χ3n) is 5.48. The number of amides is 1. The van der Waals surface area contributed by atoms with Crippen molar-refractivity contribution in [2.75, 3.05) is 38.3 Å². The van der Waals surface area contributed by atoms with Crippen molar-refractivity contribution in [1.82, 2.24) is 9.55 Å². The quantitative estimate of drug-likeness (QED) is 0.649. The number of fused-ring (bicyclic) bond motifs is 1. The molecule has 2 N–H and O–H groups in total. The Morgan fingerprint density at radius 2 is 1.90 bits per heavy atom. The Bertz CT molecular complexity index is 1110. The van der Waals surface area contributed by atoms with E-state index in [1.165, 1.54) is 23.8 Å². The summed E-state index contributed by atoms with van der Waals surface area (Å²) >= 11 is 0. The van der Waals surface area contributed by atoms with E-state index >= 15 is 0 Å². The van der Waals surface area contributed by atoms with E-state index in [-0.39, 0.29) is 6.01 Å². The van der Waals surface area contributed by atoms with Crippen LogP contribution in [0.1, 0.15) is 17.5 Å². The minimum Gasteiger partial charge on any atom is -0.468 e. The number of aromatic nitrogens is 2. The molecule has 0 bridgehead atoms. The topological polar surface area (TPSA) is 82.6 Å². The maximum Gasteiger partial charge on any atom is 0.327 e. The van der Waals surface area contributed by atoms with Crippen molar-refractivity contribution in [3.63, 3.8) is 0 Å². The van der Waals surface area contributed by atoms with Gasteiger partial charge in [-0.3, -0.25) is 0 Å². The molecular weight excluding hydrogens is 406 g/mol. The first-order chi connectivity index (χ1) is 15.0. The minimum atomic E-state index is -0.683. The molecule has 1 saturated heterocycles. The predicted octanol–water partition coefficient (Wildman–Crippen LogP) is 3.26. The van der Waals surface area contributed by atoms with E-state index in [2.05, 4.69) is 9.88 Å². The number of hydrogen-bond donors (Lipinski definition) is 1. The number of primary amides is 1. The van der Waals surface area contributed by atoms with Crippen molar-refractivity contribution >= 4 is 22.8 Å². The molecule has 2 aromatic carbocycles. The number of morpholine rings is 1. The third kappa shape index (κ3) is 4.32. The van der Waals surface area contributed by atoms with Crippen molar-refractivity contribution in [3.8, 4) is 6.01 Å². The molecule has 0 spiro atoms. The molecule has 1 fully saturated rings. The number of nitrogens with two attached hydrogens (primary N) is 1. The van der Waals surface area contributed by atoms with Crippen molar-refractivity contribution in [1.29, 1.82) is 0 Å². The second kappa shape index (κ2) is 8.89. The highest BCUT2D eigenvalue weighted by atomic mass is 19.1. The molecule has 0 aliphatic carbocycles. The van der Waals surface area contributed by atoms with Gasteiger partial charge in [0.2, 0.25) is 0 Å². The van der Waals surface area contributed by atoms with Crippen LogP contribution in [0.2, 0.25) is 0 Å². The van der Waals surface area contributed by atoms with Crippen LogP contribution in [-0.4, -0.2) is 49.0 Å². The molecule has 1 aliphatic heterocycles. The SMILES string of the molecule is COc1nc2c(CCCc3ccc(F)cc3F)cc(N3CCOCC3)cc2n1C(N)=O. The second-order valence-electron chi connectivity index (χ2n) is 7.43. The highest BCUT2D eigenvalue weighted by Gasteiger charge is 2.21. The van der Waals surface area contributed by atoms with Gasteiger partial charge in [0.15, 0.2) is 0 Å².